The molecule has 8 heteroatoms. The minimum atomic E-state index is 0.944. The SMILES string of the molecule is N=NC=NN.N=NC=NN.c1ccc2cc3ccccc3cc2c1. The van der Waals surface area contributed by atoms with Crippen LogP contribution in [0.4, 0.5) is 0 Å². The van der Waals surface area contributed by atoms with Crippen molar-refractivity contribution in [3.8, 4) is 0 Å². The van der Waals surface area contributed by atoms with Crippen molar-refractivity contribution in [2.24, 2.45) is 32.1 Å². The molecule has 122 valence electrons. The summed E-state index contributed by atoms with van der Waals surface area (Å²) >= 11 is 0. The molecule has 0 aliphatic heterocycles. The minimum Gasteiger partial charge on any atom is -0.322 e. The van der Waals surface area contributed by atoms with E-state index in [0.717, 1.165) is 12.7 Å². The van der Waals surface area contributed by atoms with Gasteiger partial charge in [0.05, 0.1) is 0 Å². The van der Waals surface area contributed by atoms with Crippen molar-refractivity contribution < 1.29 is 0 Å². The molecule has 0 aliphatic carbocycles. The highest BCUT2D eigenvalue weighted by atomic mass is 15.2. The number of hydrazone groups is 2. The topological polar surface area (TPSA) is 149 Å². The molecular formula is C16H18N8. The van der Waals surface area contributed by atoms with Gasteiger partial charge in [0.1, 0.15) is 0 Å². The predicted octanol–water partition coefficient (Wildman–Crippen LogP) is 3.83. The summed E-state index contributed by atoms with van der Waals surface area (Å²) in [7, 11) is 0. The van der Waals surface area contributed by atoms with Crippen LogP contribution in [0.2, 0.25) is 0 Å². The number of hydrogen-bond donors (Lipinski definition) is 4. The van der Waals surface area contributed by atoms with Crippen LogP contribution in [0.15, 0.2) is 81.1 Å². The molecule has 3 aromatic rings. The Morgan fingerprint density at radius 2 is 0.917 bits per heavy atom. The number of nitrogens with two attached hydrogens (primary N) is 2. The lowest BCUT2D eigenvalue weighted by Crippen LogP contribution is -1.75. The second-order valence-electron chi connectivity index (χ2n) is 4.33. The molecule has 0 heterocycles. The monoisotopic (exact) mass is 322 g/mol. The van der Waals surface area contributed by atoms with Crippen LogP contribution < -0.4 is 11.7 Å². The zero-order valence-electron chi connectivity index (χ0n) is 12.9. The molecule has 0 aliphatic rings. The van der Waals surface area contributed by atoms with E-state index < -0.39 is 0 Å². The number of fused-ring (bicyclic) bond motifs is 2. The number of nitrogens with one attached hydrogen (secondary N) is 2. The lowest BCUT2D eigenvalue weighted by Gasteiger charge is -2.00. The largest absolute Gasteiger partial charge is 0.322 e. The standard InChI is InChI=1S/C14H10.2CH4N4/c1-2-6-12-10-14-8-4-3-7-13(14)9-11(12)5-1;2*2-4-1-5-3/h1-10H;2*1-2H,3H2. The maximum absolute atomic E-state index is 6.00. The van der Waals surface area contributed by atoms with Crippen LogP contribution in [0, 0.1) is 11.1 Å². The third-order valence-electron chi connectivity index (χ3n) is 2.86. The van der Waals surface area contributed by atoms with Gasteiger partial charge in [0.15, 0.2) is 12.7 Å². The molecule has 0 amide bonds. The summed E-state index contributed by atoms with van der Waals surface area (Å²) in [5, 5.41) is 16.4. The summed E-state index contributed by atoms with van der Waals surface area (Å²) in [6.07, 6.45) is 1.89. The average Bonchev–Trinajstić information content (AvgIpc) is 2.62. The summed E-state index contributed by atoms with van der Waals surface area (Å²) < 4.78 is 0. The highest BCUT2D eigenvalue weighted by molar-refractivity contribution is 5.98. The first-order valence-corrected chi connectivity index (χ1v) is 6.81. The molecule has 0 saturated heterocycles. The van der Waals surface area contributed by atoms with Crippen LogP contribution in [0.25, 0.3) is 21.5 Å². The number of benzene rings is 3. The van der Waals surface area contributed by atoms with Gasteiger partial charge in [0.25, 0.3) is 0 Å². The summed E-state index contributed by atoms with van der Waals surface area (Å²) in [5.41, 5.74) is 12.0. The van der Waals surface area contributed by atoms with Gasteiger partial charge < -0.3 is 11.7 Å². The number of nitrogens with zero attached hydrogens (tertiary/aromatic N) is 4. The van der Waals surface area contributed by atoms with E-state index in [4.69, 9.17) is 11.1 Å². The van der Waals surface area contributed by atoms with Crippen molar-refractivity contribution in [3.63, 3.8) is 0 Å². The Labute approximate surface area is 138 Å². The van der Waals surface area contributed by atoms with Crippen molar-refractivity contribution in [2.75, 3.05) is 0 Å². The van der Waals surface area contributed by atoms with Crippen LogP contribution in [0.5, 0.6) is 0 Å². The van der Waals surface area contributed by atoms with E-state index >= 15 is 0 Å². The van der Waals surface area contributed by atoms with Gasteiger partial charge in [-0.2, -0.15) is 10.2 Å². The highest BCUT2D eigenvalue weighted by Gasteiger charge is 1.95. The zero-order chi connectivity index (χ0) is 17.6. The van der Waals surface area contributed by atoms with Crippen LogP contribution in [0.3, 0.4) is 0 Å². The molecule has 0 bridgehead atoms. The summed E-state index contributed by atoms with van der Waals surface area (Å²) in [6, 6.07) is 21.4. The molecule has 0 fully saturated rings. The van der Waals surface area contributed by atoms with Crippen molar-refractivity contribution in [3.05, 3.63) is 60.7 Å². The normalized spacial score (nSPS) is 10.0. The van der Waals surface area contributed by atoms with Gasteiger partial charge >= 0.3 is 0 Å². The van der Waals surface area contributed by atoms with Crippen LogP contribution in [-0.4, -0.2) is 12.7 Å². The Morgan fingerprint density at radius 1 is 0.625 bits per heavy atom. The molecule has 0 radical (unpaired) electrons. The van der Waals surface area contributed by atoms with Crippen molar-refractivity contribution in [2.45, 2.75) is 0 Å². The number of rotatable bonds is 2. The van der Waals surface area contributed by atoms with E-state index in [1.165, 1.54) is 21.5 Å². The maximum atomic E-state index is 6.00. The quantitative estimate of drug-likeness (QED) is 0.142. The van der Waals surface area contributed by atoms with E-state index in [9.17, 15) is 0 Å². The van der Waals surface area contributed by atoms with Gasteiger partial charge in [-0.1, -0.05) is 48.5 Å². The fraction of sp³-hybridized carbons (Fsp3) is 0. The number of hydrogen-bond acceptors (Lipinski definition) is 6. The second kappa shape index (κ2) is 11.0. The Bertz CT molecular complexity index is 720. The smallest absolute Gasteiger partial charge is 0.156 e. The second-order valence-corrected chi connectivity index (χ2v) is 4.33. The lowest BCUT2D eigenvalue weighted by atomic mass is 10.0. The molecule has 0 saturated carbocycles. The van der Waals surface area contributed by atoms with Gasteiger partial charge in [-0.15, -0.1) is 10.2 Å². The molecule has 8 nitrogen and oxygen atoms in total. The third kappa shape index (κ3) is 5.98. The Balaban J connectivity index is 0.000000243. The molecule has 3 rings (SSSR count). The first kappa shape index (κ1) is 18.4. The zero-order valence-corrected chi connectivity index (χ0v) is 12.9. The predicted molar refractivity (Wildman–Crippen MR) is 97.1 cm³/mol. The highest BCUT2D eigenvalue weighted by Crippen LogP contribution is 2.21. The van der Waals surface area contributed by atoms with Crippen molar-refractivity contribution >= 4 is 34.2 Å². The van der Waals surface area contributed by atoms with Gasteiger partial charge in [-0.25, -0.2) is 11.1 Å². The first-order valence-electron chi connectivity index (χ1n) is 6.81. The van der Waals surface area contributed by atoms with E-state index in [1.54, 1.807) is 0 Å². The Morgan fingerprint density at radius 3 is 1.08 bits per heavy atom. The summed E-state index contributed by atoms with van der Waals surface area (Å²) in [5.74, 6) is 8.99. The van der Waals surface area contributed by atoms with Crippen molar-refractivity contribution in [1.82, 2.24) is 0 Å². The van der Waals surface area contributed by atoms with Crippen LogP contribution >= 0.6 is 0 Å². The van der Waals surface area contributed by atoms with E-state index in [1.807, 2.05) is 0 Å². The molecule has 6 N–H and O–H groups in total. The third-order valence-corrected chi connectivity index (χ3v) is 2.86. The maximum Gasteiger partial charge on any atom is 0.156 e. The molecule has 0 atom stereocenters. The minimum absolute atomic E-state index is 0.944. The first-order chi connectivity index (χ1) is 11.8. The molecule has 0 aromatic heterocycles. The van der Waals surface area contributed by atoms with E-state index in [2.05, 4.69) is 92.8 Å². The van der Waals surface area contributed by atoms with Gasteiger partial charge in [-0.05, 0) is 33.7 Å². The summed E-state index contributed by atoms with van der Waals surface area (Å²) in [4.78, 5) is 0. The van der Waals surface area contributed by atoms with Crippen LogP contribution in [-0.2, 0) is 0 Å². The van der Waals surface area contributed by atoms with Crippen LogP contribution in [0.1, 0.15) is 0 Å². The molecule has 3 aromatic carbocycles. The van der Waals surface area contributed by atoms with E-state index in [0.29, 0.717) is 0 Å². The molecule has 24 heavy (non-hydrogen) atoms. The molecule has 0 unspecified atom stereocenters. The molecular weight excluding hydrogens is 304 g/mol. The molecule has 0 spiro atoms. The van der Waals surface area contributed by atoms with Gasteiger partial charge in [0.2, 0.25) is 0 Å². The van der Waals surface area contributed by atoms with E-state index in [-0.39, 0.29) is 0 Å². The summed E-state index contributed by atoms with van der Waals surface area (Å²) in [6.45, 7) is 0. The Kier molecular flexibility index (Phi) is 8.39. The lowest BCUT2D eigenvalue weighted by molar-refractivity contribution is 1.17. The van der Waals surface area contributed by atoms with Gasteiger partial charge in [-0.3, -0.25) is 0 Å². The van der Waals surface area contributed by atoms with Crippen molar-refractivity contribution in [1.29, 1.82) is 11.1 Å². The average molecular weight is 322 g/mol. The Hall–Kier alpha value is -3.68. The van der Waals surface area contributed by atoms with Gasteiger partial charge in [0, 0.05) is 0 Å². The fourth-order valence-corrected chi connectivity index (χ4v) is 1.95. The fourth-order valence-electron chi connectivity index (χ4n) is 1.95.